The molecule has 1 nitrogen and oxygen atoms in total. The molecule has 0 saturated carbocycles. The number of benzene rings is 1. The van der Waals surface area contributed by atoms with Gasteiger partial charge in [0.2, 0.25) is 0 Å². The van der Waals surface area contributed by atoms with Crippen LogP contribution in [0.15, 0.2) is 28.7 Å². The first-order valence-electron chi connectivity index (χ1n) is 5.14. The maximum Gasteiger partial charge on any atom is 0.120 e. The summed E-state index contributed by atoms with van der Waals surface area (Å²) in [6.07, 6.45) is 0. The smallest absolute Gasteiger partial charge is 0.120 e. The molecule has 0 spiro atoms. The van der Waals surface area contributed by atoms with Gasteiger partial charge in [0.15, 0.2) is 0 Å². The van der Waals surface area contributed by atoms with Gasteiger partial charge in [-0.15, -0.1) is 0 Å². The van der Waals surface area contributed by atoms with Crippen LogP contribution in [-0.4, -0.2) is 18.1 Å². The summed E-state index contributed by atoms with van der Waals surface area (Å²) < 4.78 is 6.68. The Bertz CT molecular complexity index is 289. The molecule has 0 amide bonds. The Morgan fingerprint density at radius 3 is 2.87 bits per heavy atom. The van der Waals surface area contributed by atoms with Gasteiger partial charge in [0.1, 0.15) is 5.75 Å². The molecule has 0 radical (unpaired) electrons. The predicted molar refractivity (Wildman–Crippen MR) is 71.8 cm³/mol. The van der Waals surface area contributed by atoms with Gasteiger partial charge in [-0.2, -0.15) is 11.8 Å². The Morgan fingerprint density at radius 2 is 2.20 bits per heavy atom. The fraction of sp³-hybridized carbons (Fsp3) is 0.500. The third-order valence-corrected chi connectivity index (χ3v) is 3.59. The van der Waals surface area contributed by atoms with E-state index in [0.717, 1.165) is 28.5 Å². The normalized spacial score (nSPS) is 10.7. The molecule has 1 aromatic rings. The monoisotopic (exact) mass is 288 g/mol. The first-order chi connectivity index (χ1) is 7.18. The summed E-state index contributed by atoms with van der Waals surface area (Å²) >= 11 is 5.37. The van der Waals surface area contributed by atoms with Crippen molar-refractivity contribution in [2.75, 3.05) is 18.1 Å². The fourth-order valence-corrected chi connectivity index (χ4v) is 2.31. The molecule has 0 bridgehead atoms. The molecule has 0 saturated heterocycles. The van der Waals surface area contributed by atoms with Crippen LogP contribution in [-0.2, 0) is 0 Å². The van der Waals surface area contributed by atoms with Gasteiger partial charge in [-0.25, -0.2) is 0 Å². The first-order valence-corrected chi connectivity index (χ1v) is 7.09. The molecular formula is C12H17BrOS. The maximum atomic E-state index is 5.62. The molecule has 0 aliphatic carbocycles. The van der Waals surface area contributed by atoms with Gasteiger partial charge in [0.25, 0.3) is 0 Å². The van der Waals surface area contributed by atoms with E-state index >= 15 is 0 Å². The van der Waals surface area contributed by atoms with Gasteiger partial charge in [-0.05, 0) is 29.9 Å². The van der Waals surface area contributed by atoms with Gasteiger partial charge in [0.05, 0.1) is 6.61 Å². The van der Waals surface area contributed by atoms with Crippen LogP contribution in [0, 0.1) is 5.92 Å². The van der Waals surface area contributed by atoms with E-state index in [1.807, 2.05) is 36.0 Å². The van der Waals surface area contributed by atoms with E-state index in [2.05, 4.69) is 29.8 Å². The molecular weight excluding hydrogens is 272 g/mol. The summed E-state index contributed by atoms with van der Waals surface area (Å²) in [4.78, 5) is 0. The van der Waals surface area contributed by atoms with E-state index in [1.54, 1.807) is 0 Å². The summed E-state index contributed by atoms with van der Waals surface area (Å²) in [5.74, 6) is 3.97. The van der Waals surface area contributed by atoms with Gasteiger partial charge in [-0.3, -0.25) is 0 Å². The van der Waals surface area contributed by atoms with Gasteiger partial charge in [0, 0.05) is 10.2 Å². The zero-order valence-corrected chi connectivity index (χ0v) is 11.6. The van der Waals surface area contributed by atoms with Crippen LogP contribution in [0.5, 0.6) is 5.75 Å². The molecule has 0 N–H and O–H groups in total. The number of thioether (sulfide) groups is 1. The SMILES string of the molecule is CC(C)CSCCOc1cccc(Br)c1. The number of halogens is 1. The lowest BCUT2D eigenvalue weighted by Gasteiger charge is -2.07. The fourth-order valence-electron chi connectivity index (χ4n) is 1.09. The summed E-state index contributed by atoms with van der Waals surface area (Å²) in [7, 11) is 0. The molecule has 15 heavy (non-hydrogen) atoms. The molecule has 0 aromatic heterocycles. The highest BCUT2D eigenvalue weighted by molar-refractivity contribution is 9.10. The molecule has 84 valence electrons. The van der Waals surface area contributed by atoms with Crippen LogP contribution >= 0.6 is 27.7 Å². The summed E-state index contributed by atoms with van der Waals surface area (Å²) in [6.45, 7) is 5.26. The minimum Gasteiger partial charge on any atom is -0.493 e. The lowest BCUT2D eigenvalue weighted by atomic mass is 10.3. The van der Waals surface area contributed by atoms with Crippen LogP contribution < -0.4 is 4.74 Å². The topological polar surface area (TPSA) is 9.23 Å². The molecule has 3 heteroatoms. The Kier molecular flexibility index (Phi) is 6.18. The molecule has 1 rings (SSSR count). The Labute approximate surface area is 105 Å². The third-order valence-electron chi connectivity index (χ3n) is 1.74. The second-order valence-corrected chi connectivity index (χ2v) is 5.84. The van der Waals surface area contributed by atoms with Crippen molar-refractivity contribution in [3.8, 4) is 5.75 Å². The highest BCUT2D eigenvalue weighted by atomic mass is 79.9. The van der Waals surface area contributed by atoms with E-state index in [9.17, 15) is 0 Å². The van der Waals surface area contributed by atoms with E-state index < -0.39 is 0 Å². The Balaban J connectivity index is 2.15. The second kappa shape index (κ2) is 7.18. The first kappa shape index (κ1) is 12.9. The molecule has 1 aromatic carbocycles. The number of hydrogen-bond acceptors (Lipinski definition) is 2. The average Bonchev–Trinajstić information content (AvgIpc) is 2.17. The van der Waals surface area contributed by atoms with Crippen LogP contribution in [0.25, 0.3) is 0 Å². The Morgan fingerprint density at radius 1 is 1.40 bits per heavy atom. The molecule has 0 fully saturated rings. The van der Waals surface area contributed by atoms with Crippen molar-refractivity contribution in [1.82, 2.24) is 0 Å². The van der Waals surface area contributed by atoms with E-state index in [0.29, 0.717) is 0 Å². The van der Waals surface area contributed by atoms with E-state index in [-0.39, 0.29) is 0 Å². The summed E-state index contributed by atoms with van der Waals surface area (Å²) in [6, 6.07) is 7.96. The molecule has 0 atom stereocenters. The van der Waals surface area contributed by atoms with Gasteiger partial charge < -0.3 is 4.74 Å². The number of ether oxygens (including phenoxy) is 1. The largest absolute Gasteiger partial charge is 0.493 e. The van der Waals surface area contributed by atoms with Crippen LogP contribution in [0.1, 0.15) is 13.8 Å². The van der Waals surface area contributed by atoms with E-state index in [1.165, 1.54) is 5.75 Å². The van der Waals surface area contributed by atoms with Crippen molar-refractivity contribution in [3.05, 3.63) is 28.7 Å². The lowest BCUT2D eigenvalue weighted by molar-refractivity contribution is 0.343. The molecule has 0 unspecified atom stereocenters. The van der Waals surface area contributed by atoms with E-state index in [4.69, 9.17) is 4.74 Å². The van der Waals surface area contributed by atoms with Gasteiger partial charge >= 0.3 is 0 Å². The molecule has 0 aliphatic rings. The maximum absolute atomic E-state index is 5.62. The van der Waals surface area contributed by atoms with Crippen molar-refractivity contribution in [3.63, 3.8) is 0 Å². The number of hydrogen-bond donors (Lipinski definition) is 0. The zero-order valence-electron chi connectivity index (χ0n) is 9.20. The minimum atomic E-state index is 0.765. The van der Waals surface area contributed by atoms with Crippen LogP contribution in [0.4, 0.5) is 0 Å². The third kappa shape index (κ3) is 6.10. The van der Waals surface area contributed by atoms with Crippen LogP contribution in [0.2, 0.25) is 0 Å². The highest BCUT2D eigenvalue weighted by Gasteiger charge is 1.96. The Hall–Kier alpha value is -0.150. The zero-order chi connectivity index (χ0) is 11.1. The predicted octanol–water partition coefficient (Wildman–Crippen LogP) is 4.22. The van der Waals surface area contributed by atoms with Crippen molar-refractivity contribution < 1.29 is 4.74 Å². The molecule has 0 heterocycles. The van der Waals surface area contributed by atoms with Crippen molar-refractivity contribution >= 4 is 27.7 Å². The van der Waals surface area contributed by atoms with Crippen LogP contribution in [0.3, 0.4) is 0 Å². The number of rotatable bonds is 6. The lowest BCUT2D eigenvalue weighted by Crippen LogP contribution is -2.02. The quantitative estimate of drug-likeness (QED) is 0.725. The van der Waals surface area contributed by atoms with Gasteiger partial charge in [-0.1, -0.05) is 35.8 Å². The summed E-state index contributed by atoms with van der Waals surface area (Å²) in [5.41, 5.74) is 0. The molecule has 0 aliphatic heterocycles. The van der Waals surface area contributed by atoms with Crippen molar-refractivity contribution in [2.45, 2.75) is 13.8 Å². The minimum absolute atomic E-state index is 0.765. The highest BCUT2D eigenvalue weighted by Crippen LogP contribution is 2.18. The van der Waals surface area contributed by atoms with Crippen molar-refractivity contribution in [2.24, 2.45) is 5.92 Å². The van der Waals surface area contributed by atoms with Crippen molar-refractivity contribution in [1.29, 1.82) is 0 Å². The second-order valence-electron chi connectivity index (χ2n) is 3.77. The standard InChI is InChI=1S/C12H17BrOS/c1-10(2)9-15-7-6-14-12-5-3-4-11(13)8-12/h3-5,8,10H,6-7,9H2,1-2H3. The average molecular weight is 289 g/mol. The summed E-state index contributed by atoms with van der Waals surface area (Å²) in [5, 5.41) is 0.